The lowest BCUT2D eigenvalue weighted by Crippen LogP contribution is -2.37. The highest BCUT2D eigenvalue weighted by Gasteiger charge is 2.32. The zero-order chi connectivity index (χ0) is 21.2. The van der Waals surface area contributed by atoms with Crippen LogP contribution in [0, 0.1) is 0 Å². The van der Waals surface area contributed by atoms with Crippen LogP contribution in [0.2, 0.25) is 0 Å². The van der Waals surface area contributed by atoms with Gasteiger partial charge in [0.15, 0.2) is 0 Å². The van der Waals surface area contributed by atoms with E-state index in [0.717, 1.165) is 47.1 Å². The maximum Gasteiger partial charge on any atom is 0.256 e. The summed E-state index contributed by atoms with van der Waals surface area (Å²) in [5.41, 5.74) is 10.1. The van der Waals surface area contributed by atoms with Gasteiger partial charge in [0, 0.05) is 36.7 Å². The van der Waals surface area contributed by atoms with E-state index in [1.54, 1.807) is 43.0 Å². The van der Waals surface area contributed by atoms with Crippen molar-refractivity contribution in [1.82, 2.24) is 24.8 Å². The van der Waals surface area contributed by atoms with Crippen molar-refractivity contribution >= 4 is 22.6 Å². The molecule has 3 heterocycles. The van der Waals surface area contributed by atoms with Crippen molar-refractivity contribution in [3.05, 3.63) is 89.8 Å². The molecule has 31 heavy (non-hydrogen) atoms. The van der Waals surface area contributed by atoms with Crippen molar-refractivity contribution in [3.8, 4) is 0 Å². The molecular weight excluding hydrogens is 388 g/mol. The highest BCUT2D eigenvalue weighted by molar-refractivity contribution is 5.94. The second-order valence-corrected chi connectivity index (χ2v) is 7.73. The molecule has 5 rings (SSSR count). The van der Waals surface area contributed by atoms with Crippen LogP contribution in [-0.2, 0) is 13.0 Å². The number of nitrogens with zero attached hydrogens (tertiary/aromatic N) is 5. The Morgan fingerprint density at radius 2 is 1.97 bits per heavy atom. The maximum absolute atomic E-state index is 13.6. The second-order valence-electron chi connectivity index (χ2n) is 7.73. The molecule has 154 valence electrons. The van der Waals surface area contributed by atoms with E-state index < -0.39 is 0 Å². The first-order valence-electron chi connectivity index (χ1n) is 10.3. The molecule has 1 amide bonds. The summed E-state index contributed by atoms with van der Waals surface area (Å²) in [7, 11) is 0. The van der Waals surface area contributed by atoms with Crippen molar-refractivity contribution in [2.75, 3.05) is 5.73 Å². The van der Waals surface area contributed by atoms with Crippen LogP contribution < -0.4 is 5.73 Å². The van der Waals surface area contributed by atoms with Crippen LogP contribution in [0.5, 0.6) is 0 Å². The molecule has 0 saturated carbocycles. The number of anilines is 1. The molecule has 3 aromatic heterocycles. The van der Waals surface area contributed by atoms with E-state index in [0.29, 0.717) is 17.9 Å². The Kier molecular flexibility index (Phi) is 5.00. The van der Waals surface area contributed by atoms with Gasteiger partial charge in [-0.25, -0.2) is 4.98 Å². The third kappa shape index (κ3) is 3.82. The third-order valence-corrected chi connectivity index (χ3v) is 5.69. The largest absolute Gasteiger partial charge is 0.384 e. The fraction of sp³-hybridized carbons (Fsp3) is 0.208. The van der Waals surface area contributed by atoms with Crippen molar-refractivity contribution < 1.29 is 4.79 Å². The minimum atomic E-state index is -0.144. The SMILES string of the molecule is Nc1ccc2ccc(CN(C(=O)c3cccnc3)[C@H]3CCCc4nccnc43)cc2n1. The Bertz CT molecular complexity index is 1240. The number of carbonyl (C=O) groups is 1. The van der Waals surface area contributed by atoms with Gasteiger partial charge < -0.3 is 10.6 Å². The summed E-state index contributed by atoms with van der Waals surface area (Å²) >= 11 is 0. The fourth-order valence-electron chi connectivity index (χ4n) is 4.20. The molecule has 0 aliphatic heterocycles. The predicted molar refractivity (Wildman–Crippen MR) is 118 cm³/mol. The molecule has 2 N–H and O–H groups in total. The number of carbonyl (C=O) groups excluding carboxylic acids is 1. The lowest BCUT2D eigenvalue weighted by molar-refractivity contribution is 0.0631. The molecule has 0 saturated heterocycles. The Morgan fingerprint density at radius 1 is 1.10 bits per heavy atom. The molecule has 0 spiro atoms. The third-order valence-electron chi connectivity index (χ3n) is 5.69. The molecule has 0 unspecified atom stereocenters. The predicted octanol–water partition coefficient (Wildman–Crippen LogP) is 3.72. The number of hydrogen-bond donors (Lipinski definition) is 1. The summed E-state index contributed by atoms with van der Waals surface area (Å²) in [6, 6.07) is 13.2. The van der Waals surface area contributed by atoms with E-state index >= 15 is 0 Å². The topological polar surface area (TPSA) is 97.9 Å². The first-order chi connectivity index (χ1) is 15.2. The number of benzene rings is 1. The monoisotopic (exact) mass is 410 g/mol. The zero-order valence-corrected chi connectivity index (χ0v) is 17.0. The van der Waals surface area contributed by atoms with Gasteiger partial charge in [-0.05, 0) is 55.2 Å². The number of fused-ring (bicyclic) bond motifs is 2. The van der Waals surface area contributed by atoms with Crippen LogP contribution in [-0.4, -0.2) is 30.7 Å². The number of hydrogen-bond acceptors (Lipinski definition) is 6. The van der Waals surface area contributed by atoms with Gasteiger partial charge in [-0.2, -0.15) is 0 Å². The molecule has 0 bridgehead atoms. The molecule has 0 radical (unpaired) electrons. The first-order valence-corrected chi connectivity index (χ1v) is 10.3. The van der Waals surface area contributed by atoms with E-state index in [1.165, 1.54) is 0 Å². The van der Waals surface area contributed by atoms with Crippen LogP contribution in [0.3, 0.4) is 0 Å². The number of pyridine rings is 2. The molecular formula is C24H22N6O. The normalized spacial score (nSPS) is 15.4. The van der Waals surface area contributed by atoms with Crippen molar-refractivity contribution in [2.45, 2.75) is 31.8 Å². The van der Waals surface area contributed by atoms with Crippen LogP contribution in [0.1, 0.15) is 46.2 Å². The fourth-order valence-corrected chi connectivity index (χ4v) is 4.20. The van der Waals surface area contributed by atoms with Crippen molar-refractivity contribution in [3.63, 3.8) is 0 Å². The van der Waals surface area contributed by atoms with Crippen LogP contribution in [0.4, 0.5) is 5.82 Å². The first kappa shape index (κ1) is 19.1. The summed E-state index contributed by atoms with van der Waals surface area (Å²) in [4.78, 5) is 33.1. The molecule has 1 aliphatic rings. The molecule has 1 aromatic carbocycles. The van der Waals surface area contributed by atoms with E-state index in [-0.39, 0.29) is 11.9 Å². The minimum absolute atomic E-state index is 0.0720. The minimum Gasteiger partial charge on any atom is -0.384 e. The van der Waals surface area contributed by atoms with Gasteiger partial charge in [0.2, 0.25) is 0 Å². The van der Waals surface area contributed by atoms with Gasteiger partial charge >= 0.3 is 0 Å². The Morgan fingerprint density at radius 3 is 2.84 bits per heavy atom. The summed E-state index contributed by atoms with van der Waals surface area (Å²) in [5, 5.41) is 1.01. The highest BCUT2D eigenvalue weighted by atomic mass is 16.2. The summed E-state index contributed by atoms with van der Waals surface area (Å²) in [6.45, 7) is 0.431. The molecule has 7 heteroatoms. The number of aryl methyl sites for hydroxylation is 1. The number of amides is 1. The van der Waals surface area contributed by atoms with Gasteiger partial charge in [0.1, 0.15) is 5.82 Å². The number of aromatic nitrogens is 4. The van der Waals surface area contributed by atoms with Gasteiger partial charge in [0.05, 0.1) is 28.5 Å². The Hall–Kier alpha value is -3.87. The molecule has 1 aliphatic carbocycles. The highest BCUT2D eigenvalue weighted by Crippen LogP contribution is 2.34. The van der Waals surface area contributed by atoms with E-state index in [2.05, 4.69) is 19.9 Å². The van der Waals surface area contributed by atoms with Crippen molar-refractivity contribution in [1.29, 1.82) is 0 Å². The lowest BCUT2D eigenvalue weighted by atomic mass is 9.93. The van der Waals surface area contributed by atoms with Gasteiger partial charge in [-0.1, -0.05) is 12.1 Å². The number of rotatable bonds is 4. The summed E-state index contributed by atoms with van der Waals surface area (Å²) < 4.78 is 0. The van der Waals surface area contributed by atoms with Gasteiger partial charge in [-0.15, -0.1) is 0 Å². The molecule has 1 atom stereocenters. The molecule has 4 aromatic rings. The van der Waals surface area contributed by atoms with Gasteiger partial charge in [0.25, 0.3) is 5.91 Å². The number of nitrogen functional groups attached to an aromatic ring is 1. The Balaban J connectivity index is 1.55. The standard InChI is InChI=1S/C24H22N6O/c25-22-9-8-17-7-6-16(13-20(17)29-22)15-30(24(31)18-3-2-10-26-14-18)21-5-1-4-19-23(21)28-12-11-27-19/h2-3,6-14,21H,1,4-5,15H2,(H2,25,29)/t21-/m0/s1. The Labute approximate surface area is 180 Å². The summed E-state index contributed by atoms with van der Waals surface area (Å²) in [6.07, 6.45) is 9.38. The zero-order valence-electron chi connectivity index (χ0n) is 17.0. The van der Waals surface area contributed by atoms with E-state index in [4.69, 9.17) is 5.73 Å². The van der Waals surface area contributed by atoms with Crippen molar-refractivity contribution in [2.24, 2.45) is 0 Å². The van der Waals surface area contributed by atoms with E-state index in [9.17, 15) is 4.79 Å². The quantitative estimate of drug-likeness (QED) is 0.551. The summed E-state index contributed by atoms with van der Waals surface area (Å²) in [5.74, 6) is 0.404. The van der Waals surface area contributed by atoms with Crippen LogP contribution in [0.25, 0.3) is 10.9 Å². The molecule has 7 nitrogen and oxygen atoms in total. The molecule has 0 fully saturated rings. The average Bonchev–Trinajstić information content (AvgIpc) is 2.82. The smallest absolute Gasteiger partial charge is 0.256 e. The maximum atomic E-state index is 13.6. The van der Waals surface area contributed by atoms with Crippen LogP contribution in [0.15, 0.2) is 67.3 Å². The lowest BCUT2D eigenvalue weighted by Gasteiger charge is -2.34. The average molecular weight is 410 g/mol. The second kappa shape index (κ2) is 8.10. The van der Waals surface area contributed by atoms with Gasteiger partial charge in [-0.3, -0.25) is 19.7 Å². The van der Waals surface area contributed by atoms with E-state index in [1.807, 2.05) is 29.2 Å². The number of nitrogens with two attached hydrogens (primary N) is 1. The van der Waals surface area contributed by atoms with Crippen LogP contribution >= 0.6 is 0 Å².